The van der Waals surface area contributed by atoms with Crippen LogP contribution in [0.4, 0.5) is 0 Å². The summed E-state index contributed by atoms with van der Waals surface area (Å²) in [4.78, 5) is 11.6. The number of rotatable bonds is 6. The Kier molecular flexibility index (Phi) is 5.82. The number of carbonyl (C=O) groups is 1. The molecule has 0 aliphatic heterocycles. The molecular formula is C13H18N2O4S2. The van der Waals surface area contributed by atoms with Gasteiger partial charge in [0.15, 0.2) is 0 Å². The molecule has 0 saturated carbocycles. The molecule has 0 fully saturated rings. The first kappa shape index (κ1) is 17.5. The molecule has 0 heterocycles. The number of esters is 1. The quantitative estimate of drug-likeness (QED) is 0.615. The molecule has 116 valence electrons. The van der Waals surface area contributed by atoms with E-state index in [4.69, 9.17) is 18.0 Å². The molecule has 8 heteroatoms. The molecule has 1 aromatic carbocycles. The molecule has 0 bridgehead atoms. The van der Waals surface area contributed by atoms with Gasteiger partial charge in [-0.05, 0) is 26.0 Å². The predicted molar refractivity (Wildman–Crippen MR) is 83.4 cm³/mol. The van der Waals surface area contributed by atoms with E-state index in [1.54, 1.807) is 26.0 Å². The van der Waals surface area contributed by atoms with Crippen molar-refractivity contribution in [2.24, 2.45) is 5.73 Å². The lowest BCUT2D eigenvalue weighted by atomic mass is 10.2. The average molecular weight is 330 g/mol. The van der Waals surface area contributed by atoms with Crippen molar-refractivity contribution < 1.29 is 17.9 Å². The van der Waals surface area contributed by atoms with Crippen LogP contribution in [-0.4, -0.2) is 43.4 Å². The van der Waals surface area contributed by atoms with Crippen molar-refractivity contribution in [1.82, 2.24) is 4.31 Å². The number of nitrogens with two attached hydrogens (primary N) is 1. The maximum Gasteiger partial charge on any atom is 0.321 e. The van der Waals surface area contributed by atoms with Gasteiger partial charge in [-0.1, -0.05) is 24.4 Å². The number of hydrogen-bond acceptors (Lipinski definition) is 5. The number of methoxy groups -OCH3 is 1. The molecule has 0 aliphatic carbocycles. The van der Waals surface area contributed by atoms with Crippen molar-refractivity contribution in [3.05, 3.63) is 29.8 Å². The molecule has 6 nitrogen and oxygen atoms in total. The number of carbonyl (C=O) groups excluding carboxylic acids is 1. The third-order valence-electron chi connectivity index (χ3n) is 2.81. The predicted octanol–water partition coefficient (Wildman–Crippen LogP) is 0.893. The molecule has 0 radical (unpaired) electrons. The first-order valence-corrected chi connectivity index (χ1v) is 8.03. The monoisotopic (exact) mass is 330 g/mol. The van der Waals surface area contributed by atoms with Gasteiger partial charge in [0, 0.05) is 11.6 Å². The van der Waals surface area contributed by atoms with E-state index in [1.807, 2.05) is 0 Å². The molecule has 0 aromatic heterocycles. The van der Waals surface area contributed by atoms with E-state index < -0.39 is 22.0 Å². The van der Waals surface area contributed by atoms with Crippen LogP contribution in [0.25, 0.3) is 0 Å². The zero-order valence-corrected chi connectivity index (χ0v) is 13.7. The molecule has 21 heavy (non-hydrogen) atoms. The summed E-state index contributed by atoms with van der Waals surface area (Å²) in [6, 6.07) is 5.61. The first-order valence-electron chi connectivity index (χ1n) is 6.18. The number of thiocarbonyl (C=S) groups is 1. The third-order valence-corrected chi connectivity index (χ3v) is 5.07. The molecule has 0 atom stereocenters. The molecule has 0 amide bonds. The van der Waals surface area contributed by atoms with Gasteiger partial charge in [-0.25, -0.2) is 8.42 Å². The minimum atomic E-state index is -3.84. The van der Waals surface area contributed by atoms with Gasteiger partial charge < -0.3 is 10.5 Å². The summed E-state index contributed by atoms with van der Waals surface area (Å²) in [6.07, 6.45) is 0. The zero-order chi connectivity index (χ0) is 16.2. The van der Waals surface area contributed by atoms with Crippen LogP contribution in [0.1, 0.15) is 19.4 Å². The second kappa shape index (κ2) is 6.97. The van der Waals surface area contributed by atoms with E-state index in [-0.39, 0.29) is 16.4 Å². The number of hydrogen-bond donors (Lipinski definition) is 1. The number of ether oxygens (including phenoxy) is 1. The van der Waals surface area contributed by atoms with Crippen LogP contribution in [0.2, 0.25) is 0 Å². The van der Waals surface area contributed by atoms with Crippen molar-refractivity contribution in [1.29, 1.82) is 0 Å². The van der Waals surface area contributed by atoms with Crippen LogP contribution in [0.5, 0.6) is 0 Å². The Bertz CT molecular complexity index is 641. The zero-order valence-electron chi connectivity index (χ0n) is 12.1. The number of nitrogens with zero attached hydrogens (tertiary/aromatic N) is 1. The van der Waals surface area contributed by atoms with Crippen LogP contribution < -0.4 is 5.73 Å². The van der Waals surface area contributed by atoms with Gasteiger partial charge in [-0.3, -0.25) is 4.79 Å². The second-order valence-corrected chi connectivity index (χ2v) is 6.94. The lowest BCUT2D eigenvalue weighted by Crippen LogP contribution is -2.41. The first-order chi connectivity index (χ1) is 9.70. The second-order valence-electron chi connectivity index (χ2n) is 4.61. The van der Waals surface area contributed by atoms with Gasteiger partial charge in [0.1, 0.15) is 11.5 Å². The van der Waals surface area contributed by atoms with Gasteiger partial charge in [0.2, 0.25) is 10.0 Å². The van der Waals surface area contributed by atoms with Crippen molar-refractivity contribution in [3.63, 3.8) is 0 Å². The van der Waals surface area contributed by atoms with Crippen molar-refractivity contribution in [2.75, 3.05) is 13.7 Å². The molecule has 0 spiro atoms. The highest BCUT2D eigenvalue weighted by atomic mass is 32.2. The Hall–Kier alpha value is -1.51. The van der Waals surface area contributed by atoms with Crippen molar-refractivity contribution in [3.8, 4) is 0 Å². The fraction of sp³-hybridized carbons (Fsp3) is 0.385. The summed E-state index contributed by atoms with van der Waals surface area (Å²) >= 11 is 4.85. The molecular weight excluding hydrogens is 312 g/mol. The molecule has 0 aliphatic rings. The van der Waals surface area contributed by atoms with E-state index >= 15 is 0 Å². The lowest BCUT2D eigenvalue weighted by Gasteiger charge is -2.24. The number of benzene rings is 1. The Labute approximate surface area is 129 Å². The van der Waals surface area contributed by atoms with Crippen LogP contribution in [0, 0.1) is 0 Å². The molecule has 0 saturated heterocycles. The van der Waals surface area contributed by atoms with E-state index in [9.17, 15) is 13.2 Å². The van der Waals surface area contributed by atoms with E-state index in [1.165, 1.54) is 19.2 Å². The maximum atomic E-state index is 12.6. The minimum absolute atomic E-state index is 0.0328. The van der Waals surface area contributed by atoms with E-state index in [2.05, 4.69) is 4.74 Å². The van der Waals surface area contributed by atoms with Crippen LogP contribution in [0.3, 0.4) is 0 Å². The Morgan fingerprint density at radius 3 is 2.52 bits per heavy atom. The fourth-order valence-corrected chi connectivity index (χ4v) is 3.44. The summed E-state index contributed by atoms with van der Waals surface area (Å²) in [5.41, 5.74) is 5.96. The average Bonchev–Trinajstić information content (AvgIpc) is 2.43. The largest absolute Gasteiger partial charge is 0.468 e. The maximum absolute atomic E-state index is 12.6. The van der Waals surface area contributed by atoms with Crippen molar-refractivity contribution in [2.45, 2.75) is 24.8 Å². The van der Waals surface area contributed by atoms with Gasteiger partial charge in [-0.15, -0.1) is 0 Å². The third kappa shape index (κ3) is 4.23. The number of sulfonamides is 1. The summed E-state index contributed by atoms with van der Waals surface area (Å²) in [7, 11) is -2.63. The van der Waals surface area contributed by atoms with Gasteiger partial charge in [0.05, 0.1) is 12.0 Å². The fourth-order valence-electron chi connectivity index (χ4n) is 1.68. The smallest absolute Gasteiger partial charge is 0.321 e. The molecule has 1 rings (SSSR count). The van der Waals surface area contributed by atoms with Crippen LogP contribution in [0.15, 0.2) is 29.2 Å². The SMILES string of the molecule is COC(=O)CN(C(C)C)S(=O)(=O)c1cccc(C(N)=S)c1. The summed E-state index contributed by atoms with van der Waals surface area (Å²) < 4.78 is 30.9. The minimum Gasteiger partial charge on any atom is -0.468 e. The van der Waals surface area contributed by atoms with Crippen molar-refractivity contribution >= 4 is 33.2 Å². The normalized spacial score (nSPS) is 11.7. The molecule has 2 N–H and O–H groups in total. The topological polar surface area (TPSA) is 89.7 Å². The highest BCUT2D eigenvalue weighted by molar-refractivity contribution is 7.89. The van der Waals surface area contributed by atoms with Gasteiger partial charge >= 0.3 is 5.97 Å². The Balaban J connectivity index is 3.26. The van der Waals surface area contributed by atoms with Gasteiger partial charge in [0.25, 0.3) is 0 Å². The van der Waals surface area contributed by atoms with Crippen LogP contribution >= 0.6 is 12.2 Å². The highest BCUT2D eigenvalue weighted by Gasteiger charge is 2.29. The molecule has 0 unspecified atom stereocenters. The van der Waals surface area contributed by atoms with Crippen LogP contribution in [-0.2, 0) is 19.6 Å². The summed E-state index contributed by atoms with van der Waals surface area (Å²) in [5.74, 6) is -0.627. The standard InChI is InChI=1S/C13H18N2O4S2/c1-9(2)15(8-12(16)19-3)21(17,18)11-6-4-5-10(7-11)13(14)20/h4-7,9H,8H2,1-3H3,(H2,14,20). The lowest BCUT2D eigenvalue weighted by molar-refractivity contribution is -0.141. The molecule has 1 aromatic rings. The van der Waals surface area contributed by atoms with E-state index in [0.717, 1.165) is 4.31 Å². The summed E-state index contributed by atoms with van der Waals surface area (Å²) in [5, 5.41) is 0. The highest BCUT2D eigenvalue weighted by Crippen LogP contribution is 2.19. The Morgan fingerprint density at radius 2 is 2.05 bits per heavy atom. The van der Waals surface area contributed by atoms with E-state index in [0.29, 0.717) is 5.56 Å². The Morgan fingerprint density at radius 1 is 1.43 bits per heavy atom. The van der Waals surface area contributed by atoms with Gasteiger partial charge in [-0.2, -0.15) is 4.31 Å². The summed E-state index contributed by atoms with van der Waals surface area (Å²) in [6.45, 7) is 3.00.